The van der Waals surface area contributed by atoms with E-state index in [0.717, 1.165) is 0 Å². The van der Waals surface area contributed by atoms with Crippen LogP contribution in [0.4, 0.5) is 0 Å². The summed E-state index contributed by atoms with van der Waals surface area (Å²) < 4.78 is 11.6. The molecule has 6 atom stereocenters. The van der Waals surface area contributed by atoms with Gasteiger partial charge in [0, 0.05) is 5.54 Å². The number of nitrogens with zero attached hydrogens (tertiary/aromatic N) is 1. The number of carbonyl (C=O) groups is 3. The van der Waals surface area contributed by atoms with Crippen LogP contribution >= 0.6 is 0 Å². The van der Waals surface area contributed by atoms with Crippen molar-refractivity contribution in [2.45, 2.75) is 83.2 Å². The molecule has 3 rings (SSSR count). The van der Waals surface area contributed by atoms with E-state index >= 15 is 0 Å². The van der Waals surface area contributed by atoms with Gasteiger partial charge in [0.15, 0.2) is 0 Å². The van der Waals surface area contributed by atoms with E-state index in [1.807, 2.05) is 27.7 Å². The van der Waals surface area contributed by atoms with Crippen LogP contribution in [0, 0.1) is 11.8 Å². The van der Waals surface area contributed by atoms with E-state index < -0.39 is 46.6 Å². The van der Waals surface area contributed by atoms with Crippen molar-refractivity contribution in [3.05, 3.63) is 0 Å². The van der Waals surface area contributed by atoms with Gasteiger partial charge in [-0.1, -0.05) is 0 Å². The summed E-state index contributed by atoms with van der Waals surface area (Å²) in [6, 6.07) is -1.46. The van der Waals surface area contributed by atoms with Gasteiger partial charge in [-0.15, -0.1) is 0 Å². The number of carbonyl (C=O) groups excluding carboxylic acids is 3. The highest BCUT2D eigenvalue weighted by molar-refractivity contribution is 5.98. The van der Waals surface area contributed by atoms with Crippen LogP contribution in [-0.2, 0) is 23.9 Å². The highest BCUT2D eigenvalue weighted by Gasteiger charge is 2.78. The number of hydrogen-bond donors (Lipinski definition) is 2. The molecule has 0 aliphatic carbocycles. The molecule has 0 aromatic rings. The molecule has 1 spiro atoms. The maximum Gasteiger partial charge on any atom is 0.312 e. The number of rotatable bonds is 5. The lowest BCUT2D eigenvalue weighted by Crippen LogP contribution is -2.60. The summed E-state index contributed by atoms with van der Waals surface area (Å²) in [6.45, 7) is 10.8. The minimum Gasteiger partial charge on any atom is -0.466 e. The molecule has 8 nitrogen and oxygen atoms in total. The van der Waals surface area contributed by atoms with E-state index in [0.29, 0.717) is 12.8 Å². The summed E-state index contributed by atoms with van der Waals surface area (Å²) in [6.07, 6.45) is 1.08. The minimum atomic E-state index is -1.08. The molecule has 8 heteroatoms. The van der Waals surface area contributed by atoms with Crippen LogP contribution in [0.25, 0.3) is 0 Å². The Morgan fingerprint density at radius 3 is 2.57 bits per heavy atom. The molecule has 2 amide bonds. The highest BCUT2D eigenvalue weighted by Crippen LogP contribution is 2.63. The van der Waals surface area contributed by atoms with Crippen LogP contribution in [0.15, 0.2) is 0 Å². The number of fused-ring (bicyclic) bond motifs is 1. The second-order valence-electron chi connectivity index (χ2n) is 9.50. The molecule has 3 heterocycles. The van der Waals surface area contributed by atoms with Crippen LogP contribution in [0.2, 0.25) is 0 Å². The van der Waals surface area contributed by atoms with Crippen molar-refractivity contribution in [2.24, 2.45) is 11.8 Å². The Morgan fingerprint density at radius 1 is 1.39 bits per heavy atom. The second kappa shape index (κ2) is 6.69. The van der Waals surface area contributed by atoms with Crippen LogP contribution in [0.1, 0.15) is 54.4 Å². The Kier molecular flexibility index (Phi) is 5.03. The highest BCUT2D eigenvalue weighted by atomic mass is 16.6. The molecule has 0 radical (unpaired) electrons. The number of esters is 1. The standard InChI is InChI=1S/C20H32N2O6/c1-7-27-17(26)13-12-16(25)22(11(2)10-23)14(15(24)21-18(3,4)5)20(12)9-8-19(13,6)28-20/h11-14,23H,7-10H2,1-6H3,(H,21,24)/t11-,12+,13+,14?,19-,20?/m1/s1. The third-order valence-electron chi connectivity index (χ3n) is 6.24. The second-order valence-corrected chi connectivity index (χ2v) is 9.50. The lowest BCUT2D eigenvalue weighted by molar-refractivity contribution is -0.160. The maximum atomic E-state index is 13.5. The number of hydrogen-bond acceptors (Lipinski definition) is 6. The van der Waals surface area contributed by atoms with E-state index in [1.54, 1.807) is 13.8 Å². The van der Waals surface area contributed by atoms with Crippen molar-refractivity contribution in [1.29, 1.82) is 0 Å². The van der Waals surface area contributed by atoms with Gasteiger partial charge in [0.2, 0.25) is 11.8 Å². The van der Waals surface area contributed by atoms with E-state index in [-0.39, 0.29) is 25.0 Å². The predicted molar refractivity (Wildman–Crippen MR) is 100 cm³/mol. The van der Waals surface area contributed by atoms with Crippen molar-refractivity contribution in [3.8, 4) is 0 Å². The smallest absolute Gasteiger partial charge is 0.312 e. The summed E-state index contributed by atoms with van der Waals surface area (Å²) in [5, 5.41) is 12.7. The average molecular weight is 396 g/mol. The third kappa shape index (κ3) is 2.92. The van der Waals surface area contributed by atoms with E-state index in [9.17, 15) is 19.5 Å². The molecule has 158 valence electrons. The number of amides is 2. The summed E-state index contributed by atoms with van der Waals surface area (Å²) >= 11 is 0. The monoisotopic (exact) mass is 396 g/mol. The zero-order valence-corrected chi connectivity index (χ0v) is 17.6. The lowest BCUT2D eigenvalue weighted by Gasteiger charge is -2.37. The first-order chi connectivity index (χ1) is 12.9. The molecule has 3 aliphatic rings. The molecule has 0 aromatic heterocycles. The average Bonchev–Trinajstić information content (AvgIpc) is 3.13. The first-order valence-electron chi connectivity index (χ1n) is 10.0. The predicted octanol–water partition coefficient (Wildman–Crippen LogP) is 0.610. The van der Waals surface area contributed by atoms with Gasteiger partial charge in [0.25, 0.3) is 0 Å². The topological polar surface area (TPSA) is 105 Å². The molecular formula is C20H32N2O6. The van der Waals surface area contributed by atoms with E-state index in [4.69, 9.17) is 9.47 Å². The van der Waals surface area contributed by atoms with Crippen LogP contribution in [0.3, 0.4) is 0 Å². The van der Waals surface area contributed by atoms with Crippen molar-refractivity contribution < 1.29 is 29.0 Å². The normalized spacial score (nSPS) is 37.8. The SMILES string of the molecule is CCOC(=O)[C@@H]1[C@H]2C(=O)N([C@H](C)CO)C(C(=O)NC(C)(C)C)C23CC[C@@]1(C)O3. The fraction of sp³-hybridized carbons (Fsp3) is 0.850. The first-order valence-corrected chi connectivity index (χ1v) is 10.0. The molecular weight excluding hydrogens is 364 g/mol. The molecule has 0 saturated carbocycles. The summed E-state index contributed by atoms with van der Waals surface area (Å²) in [7, 11) is 0. The summed E-state index contributed by atoms with van der Waals surface area (Å²) in [5.74, 6) is -2.64. The van der Waals surface area contributed by atoms with E-state index in [1.165, 1.54) is 4.90 Å². The number of likely N-dealkylation sites (tertiary alicyclic amines) is 1. The maximum absolute atomic E-state index is 13.5. The van der Waals surface area contributed by atoms with Crippen molar-refractivity contribution in [3.63, 3.8) is 0 Å². The molecule has 28 heavy (non-hydrogen) atoms. The first kappa shape index (κ1) is 21.0. The Hall–Kier alpha value is -1.67. The fourth-order valence-corrected chi connectivity index (χ4v) is 5.25. The van der Waals surface area contributed by atoms with Gasteiger partial charge in [0.1, 0.15) is 17.6 Å². The zero-order valence-electron chi connectivity index (χ0n) is 17.6. The quantitative estimate of drug-likeness (QED) is 0.660. The molecule has 3 saturated heterocycles. The Labute approximate surface area is 165 Å². The molecule has 3 aliphatic heterocycles. The van der Waals surface area contributed by atoms with Crippen LogP contribution in [-0.4, -0.2) is 69.8 Å². The fourth-order valence-electron chi connectivity index (χ4n) is 5.25. The van der Waals surface area contributed by atoms with Gasteiger partial charge in [-0.25, -0.2) is 0 Å². The van der Waals surface area contributed by atoms with Gasteiger partial charge >= 0.3 is 5.97 Å². The van der Waals surface area contributed by atoms with Gasteiger partial charge < -0.3 is 24.8 Å². The van der Waals surface area contributed by atoms with Crippen LogP contribution in [0.5, 0.6) is 0 Å². The van der Waals surface area contributed by atoms with Gasteiger partial charge in [-0.05, 0) is 54.4 Å². The number of nitrogens with one attached hydrogen (secondary N) is 1. The summed E-state index contributed by atoms with van der Waals surface area (Å²) in [4.78, 5) is 40.9. The Bertz CT molecular complexity index is 689. The molecule has 2 bridgehead atoms. The molecule has 0 aromatic carbocycles. The van der Waals surface area contributed by atoms with Crippen molar-refractivity contribution >= 4 is 17.8 Å². The van der Waals surface area contributed by atoms with Crippen LogP contribution < -0.4 is 5.32 Å². The lowest BCUT2D eigenvalue weighted by atomic mass is 9.66. The van der Waals surface area contributed by atoms with Gasteiger partial charge in [-0.3, -0.25) is 14.4 Å². The summed E-state index contributed by atoms with van der Waals surface area (Å²) in [5.41, 5.74) is -2.41. The molecule has 2 N–H and O–H groups in total. The Balaban J connectivity index is 2.08. The van der Waals surface area contributed by atoms with Gasteiger partial charge in [-0.2, -0.15) is 0 Å². The largest absolute Gasteiger partial charge is 0.466 e. The molecule has 2 unspecified atom stereocenters. The number of ether oxygens (including phenoxy) is 2. The number of aliphatic hydroxyl groups excluding tert-OH is 1. The zero-order chi connectivity index (χ0) is 21.1. The van der Waals surface area contributed by atoms with E-state index in [2.05, 4.69) is 5.32 Å². The Morgan fingerprint density at radius 2 is 2.04 bits per heavy atom. The number of aliphatic hydroxyl groups is 1. The van der Waals surface area contributed by atoms with Crippen molar-refractivity contribution in [2.75, 3.05) is 13.2 Å². The van der Waals surface area contributed by atoms with Gasteiger partial charge in [0.05, 0.1) is 30.8 Å². The minimum absolute atomic E-state index is 0.212. The molecule has 3 fully saturated rings. The third-order valence-corrected chi connectivity index (χ3v) is 6.24. The van der Waals surface area contributed by atoms with Crippen molar-refractivity contribution in [1.82, 2.24) is 10.2 Å².